The summed E-state index contributed by atoms with van der Waals surface area (Å²) >= 11 is 0. The molecule has 128 valence electrons. The third-order valence-corrected chi connectivity index (χ3v) is 10.7. The Hall–Kier alpha value is -1.00. The van der Waals surface area contributed by atoms with Crippen molar-refractivity contribution < 1.29 is 14.5 Å². The largest absolute Gasteiger partial charge is 0.508 e. The van der Waals surface area contributed by atoms with Crippen LogP contribution in [0.3, 0.4) is 0 Å². The Kier molecular flexibility index (Phi) is 5.41. The van der Waals surface area contributed by atoms with Crippen LogP contribution in [0.2, 0.25) is 0 Å². The molecule has 0 amide bonds. The van der Waals surface area contributed by atoms with Gasteiger partial charge in [0.2, 0.25) is 0 Å². The first-order valence-corrected chi connectivity index (χ1v) is 11.5. The standard InChI is InChI=1S/C18H32O3S/c1-5-7-8-9-12-22(4,21,6-2,15-19)14-17-10-11-18(20)16(3)13-17/h10-11,13,15,20-21H,5-9,12,14H2,1-4H3. The van der Waals surface area contributed by atoms with Gasteiger partial charge in [0.15, 0.2) is 5.62 Å². The van der Waals surface area contributed by atoms with Gasteiger partial charge in [-0.2, -0.15) is 8.58 Å². The molecule has 0 unspecified atom stereocenters. The zero-order valence-corrected chi connectivity index (χ0v) is 15.3. The molecule has 22 heavy (non-hydrogen) atoms. The number of hydrogen-bond acceptors (Lipinski definition) is 3. The summed E-state index contributed by atoms with van der Waals surface area (Å²) in [5.41, 5.74) is 2.57. The Morgan fingerprint density at radius 2 is 1.86 bits per heavy atom. The van der Waals surface area contributed by atoms with Crippen LogP contribution in [-0.2, 0) is 10.5 Å². The smallest absolute Gasteiger partial charge is 0.165 e. The summed E-state index contributed by atoms with van der Waals surface area (Å²) in [4.78, 5) is 12.1. The van der Waals surface area contributed by atoms with Gasteiger partial charge in [-0.15, -0.1) is 0 Å². The second kappa shape index (κ2) is 6.25. The normalized spacial score (nSPS) is 15.1. The SMILES string of the molecule is CCCCCCS(C)(O)(C=O)(CC)Cc1ccc(O)c(C)c1. The third-order valence-electron chi connectivity index (χ3n) is 4.96. The minimum atomic E-state index is -3.77. The van der Waals surface area contributed by atoms with E-state index in [1.165, 1.54) is 0 Å². The minimum Gasteiger partial charge on any atom is -0.508 e. The van der Waals surface area contributed by atoms with Crippen molar-refractivity contribution in [3.05, 3.63) is 29.3 Å². The molecule has 4 heteroatoms. The van der Waals surface area contributed by atoms with E-state index in [9.17, 15) is 14.5 Å². The zero-order chi connectivity index (χ0) is 16.9. The van der Waals surface area contributed by atoms with Crippen molar-refractivity contribution in [2.45, 2.75) is 52.2 Å². The van der Waals surface area contributed by atoms with E-state index in [2.05, 4.69) is 6.92 Å². The summed E-state index contributed by atoms with van der Waals surface area (Å²) in [5, 5.41) is 9.66. The van der Waals surface area contributed by atoms with Crippen LogP contribution in [0.1, 0.15) is 50.7 Å². The van der Waals surface area contributed by atoms with Crippen LogP contribution >= 0.6 is 8.58 Å². The number of aromatic hydroxyl groups is 1. The van der Waals surface area contributed by atoms with Crippen molar-refractivity contribution in [2.75, 3.05) is 17.8 Å². The van der Waals surface area contributed by atoms with Crippen LogP contribution in [0.5, 0.6) is 5.75 Å². The van der Waals surface area contributed by atoms with Gasteiger partial charge < -0.3 is 9.66 Å². The molecular formula is C18H32O3S. The number of phenolic OH excluding ortho intramolecular Hbond substituents is 1. The van der Waals surface area contributed by atoms with Gasteiger partial charge in [0.25, 0.3) is 0 Å². The fourth-order valence-electron chi connectivity index (χ4n) is 2.87. The molecule has 2 N–H and O–H groups in total. The molecule has 0 saturated carbocycles. The van der Waals surface area contributed by atoms with Crippen LogP contribution < -0.4 is 0 Å². The van der Waals surface area contributed by atoms with E-state index in [1.807, 2.05) is 26.0 Å². The van der Waals surface area contributed by atoms with Crippen molar-refractivity contribution in [3.8, 4) is 5.75 Å². The van der Waals surface area contributed by atoms with Crippen LogP contribution in [0, 0.1) is 6.92 Å². The molecule has 0 fully saturated rings. The fraction of sp³-hybridized carbons (Fsp3) is 0.611. The molecule has 0 aliphatic carbocycles. The lowest BCUT2D eigenvalue weighted by Gasteiger charge is -2.68. The molecule has 0 aromatic heterocycles. The number of hydrogen-bond donors (Lipinski definition) is 2. The highest BCUT2D eigenvalue weighted by Gasteiger charge is 2.52. The van der Waals surface area contributed by atoms with Crippen molar-refractivity contribution in [2.24, 2.45) is 0 Å². The predicted molar refractivity (Wildman–Crippen MR) is 99.0 cm³/mol. The summed E-state index contributed by atoms with van der Waals surface area (Å²) in [6.45, 7) is 5.90. The molecule has 0 aliphatic heterocycles. The lowest BCUT2D eigenvalue weighted by Crippen LogP contribution is -2.43. The summed E-state index contributed by atoms with van der Waals surface area (Å²) in [6, 6.07) is 5.33. The molecule has 0 radical (unpaired) electrons. The Bertz CT molecular complexity index is 551. The Labute approximate surface area is 134 Å². The van der Waals surface area contributed by atoms with Gasteiger partial charge in [-0.25, -0.2) is 0 Å². The van der Waals surface area contributed by atoms with E-state index in [-0.39, 0.29) is 5.75 Å². The molecule has 0 saturated heterocycles. The highest BCUT2D eigenvalue weighted by atomic mass is 32.4. The molecule has 0 atom stereocenters. The molecular weight excluding hydrogens is 296 g/mol. The first-order valence-electron chi connectivity index (χ1n) is 8.16. The number of phenols is 1. The minimum absolute atomic E-state index is 0.246. The van der Waals surface area contributed by atoms with Gasteiger partial charge in [0.05, 0.1) is 0 Å². The summed E-state index contributed by atoms with van der Waals surface area (Å²) in [6.07, 6.45) is 6.01. The highest BCUT2D eigenvalue weighted by molar-refractivity contribution is 8.68. The van der Waals surface area contributed by atoms with E-state index >= 15 is 0 Å². The summed E-state index contributed by atoms with van der Waals surface area (Å²) < 4.78 is 11.7. The maximum atomic E-state index is 12.1. The third kappa shape index (κ3) is 4.26. The van der Waals surface area contributed by atoms with Gasteiger partial charge in [-0.1, -0.05) is 45.2 Å². The van der Waals surface area contributed by atoms with E-state index in [1.54, 1.807) is 12.3 Å². The van der Waals surface area contributed by atoms with Crippen molar-refractivity contribution in [1.29, 1.82) is 0 Å². The summed E-state index contributed by atoms with van der Waals surface area (Å²) in [5.74, 6) is 1.68. The maximum absolute atomic E-state index is 12.1. The van der Waals surface area contributed by atoms with Crippen LogP contribution in [-0.4, -0.2) is 33.0 Å². The van der Waals surface area contributed by atoms with Gasteiger partial charge in [-0.3, -0.25) is 4.79 Å². The number of rotatable bonds is 9. The topological polar surface area (TPSA) is 57.5 Å². The average Bonchev–Trinajstić information content (AvgIpc) is 2.49. The van der Waals surface area contributed by atoms with Gasteiger partial charge >= 0.3 is 0 Å². The monoisotopic (exact) mass is 328 g/mol. The molecule has 0 bridgehead atoms. The van der Waals surface area contributed by atoms with Crippen LogP contribution in [0.25, 0.3) is 0 Å². The predicted octanol–water partition coefficient (Wildman–Crippen LogP) is 4.97. The summed E-state index contributed by atoms with van der Waals surface area (Å²) in [7, 11) is -3.77. The number of benzene rings is 1. The fourth-order valence-corrected chi connectivity index (χ4v) is 6.33. The van der Waals surface area contributed by atoms with Crippen LogP contribution in [0.4, 0.5) is 0 Å². The second-order valence-electron chi connectivity index (χ2n) is 7.30. The van der Waals surface area contributed by atoms with Gasteiger partial charge in [0, 0.05) is 5.75 Å². The van der Waals surface area contributed by atoms with Crippen LogP contribution in [0.15, 0.2) is 18.2 Å². The lowest BCUT2D eigenvalue weighted by molar-refractivity contribution is 0.471. The molecule has 0 spiro atoms. The van der Waals surface area contributed by atoms with Crippen molar-refractivity contribution in [3.63, 3.8) is 0 Å². The Balaban J connectivity index is 3.11. The average molecular weight is 329 g/mol. The van der Waals surface area contributed by atoms with E-state index in [4.69, 9.17) is 0 Å². The molecule has 3 nitrogen and oxygen atoms in total. The lowest BCUT2D eigenvalue weighted by atomic mass is 10.1. The number of aryl methyl sites for hydroxylation is 1. The molecule has 1 aromatic rings. The van der Waals surface area contributed by atoms with E-state index in [0.29, 0.717) is 17.3 Å². The second-order valence-corrected chi connectivity index (χ2v) is 14.5. The Morgan fingerprint density at radius 3 is 2.36 bits per heavy atom. The highest BCUT2D eigenvalue weighted by Crippen LogP contribution is 2.83. The number of unbranched alkanes of at least 4 members (excludes halogenated alkanes) is 3. The molecule has 0 aliphatic rings. The first-order chi connectivity index (χ1) is 10.1. The zero-order valence-electron chi connectivity index (χ0n) is 14.5. The van der Waals surface area contributed by atoms with Gasteiger partial charge in [-0.05, 0) is 48.3 Å². The quantitative estimate of drug-likeness (QED) is 0.497. The van der Waals surface area contributed by atoms with Crippen molar-refractivity contribution in [1.82, 2.24) is 0 Å². The molecule has 1 aromatic carbocycles. The van der Waals surface area contributed by atoms with E-state index in [0.717, 1.165) is 42.4 Å². The van der Waals surface area contributed by atoms with E-state index < -0.39 is 8.58 Å². The number of carbonyl (C=O) groups is 1. The van der Waals surface area contributed by atoms with Crippen molar-refractivity contribution >= 4 is 14.2 Å². The first kappa shape index (κ1) is 19.0. The Morgan fingerprint density at radius 1 is 1.18 bits per heavy atom. The molecule has 1 rings (SSSR count). The maximum Gasteiger partial charge on any atom is 0.165 e. The molecule has 0 heterocycles. The van der Waals surface area contributed by atoms with Gasteiger partial charge in [0.1, 0.15) is 5.75 Å². The number of carbonyl (C=O) groups excluding carboxylic acids is 1.